The standard InChI is InChI=1S/C14H16FNO5/c1-3-20-13(18)11(14(19)21-4-2)16-12(17)9-5-7-10(15)8-6-9/h5-8,18H,3-4H2,1-2H3,(H,16,17)/b13-11-. The van der Waals surface area contributed by atoms with Gasteiger partial charge in [0, 0.05) is 5.56 Å². The second-order valence-corrected chi connectivity index (χ2v) is 3.79. The predicted molar refractivity (Wildman–Crippen MR) is 71.8 cm³/mol. The zero-order chi connectivity index (χ0) is 15.8. The number of benzene rings is 1. The molecule has 0 aliphatic rings. The van der Waals surface area contributed by atoms with Crippen LogP contribution in [0.5, 0.6) is 0 Å². The van der Waals surface area contributed by atoms with E-state index in [9.17, 15) is 19.1 Å². The first-order valence-corrected chi connectivity index (χ1v) is 6.29. The van der Waals surface area contributed by atoms with Crippen LogP contribution in [0.1, 0.15) is 24.2 Å². The Kier molecular flexibility index (Phi) is 6.19. The van der Waals surface area contributed by atoms with Crippen molar-refractivity contribution in [2.75, 3.05) is 13.2 Å². The van der Waals surface area contributed by atoms with Crippen molar-refractivity contribution in [3.8, 4) is 0 Å². The molecule has 7 heteroatoms. The third-order valence-corrected chi connectivity index (χ3v) is 2.32. The third-order valence-electron chi connectivity index (χ3n) is 2.32. The number of nitrogens with one attached hydrogen (secondary N) is 1. The van der Waals surface area contributed by atoms with Crippen LogP contribution in [0.2, 0.25) is 0 Å². The number of ether oxygens (including phenoxy) is 2. The smallest absolute Gasteiger partial charge is 0.362 e. The van der Waals surface area contributed by atoms with Crippen molar-refractivity contribution in [1.82, 2.24) is 5.32 Å². The van der Waals surface area contributed by atoms with Gasteiger partial charge in [0.2, 0.25) is 5.70 Å². The molecule has 0 heterocycles. The highest BCUT2D eigenvalue weighted by Gasteiger charge is 2.21. The molecular weight excluding hydrogens is 281 g/mol. The second-order valence-electron chi connectivity index (χ2n) is 3.79. The molecule has 1 amide bonds. The maximum absolute atomic E-state index is 12.8. The normalized spacial score (nSPS) is 11.4. The molecule has 114 valence electrons. The van der Waals surface area contributed by atoms with Crippen molar-refractivity contribution in [2.45, 2.75) is 13.8 Å². The number of hydrogen-bond donors (Lipinski definition) is 2. The van der Waals surface area contributed by atoms with Crippen LogP contribution in [-0.2, 0) is 14.3 Å². The highest BCUT2D eigenvalue weighted by Crippen LogP contribution is 2.07. The molecule has 1 aromatic carbocycles. The van der Waals surface area contributed by atoms with E-state index in [0.29, 0.717) is 0 Å². The number of rotatable bonds is 6. The van der Waals surface area contributed by atoms with E-state index in [0.717, 1.165) is 12.1 Å². The van der Waals surface area contributed by atoms with E-state index in [1.807, 2.05) is 0 Å². The number of carbonyl (C=O) groups is 2. The molecule has 0 unspecified atom stereocenters. The highest BCUT2D eigenvalue weighted by atomic mass is 19.1. The summed E-state index contributed by atoms with van der Waals surface area (Å²) in [6.07, 6.45) is 0. The number of esters is 1. The van der Waals surface area contributed by atoms with Gasteiger partial charge in [0.1, 0.15) is 5.82 Å². The van der Waals surface area contributed by atoms with Crippen molar-refractivity contribution in [3.05, 3.63) is 47.3 Å². The Balaban J connectivity index is 2.95. The summed E-state index contributed by atoms with van der Waals surface area (Å²) in [5.41, 5.74) is -0.393. The van der Waals surface area contributed by atoms with Crippen LogP contribution in [-0.4, -0.2) is 30.2 Å². The van der Waals surface area contributed by atoms with E-state index in [-0.39, 0.29) is 18.8 Å². The van der Waals surface area contributed by atoms with E-state index < -0.39 is 29.3 Å². The molecular formula is C14H16FNO5. The summed E-state index contributed by atoms with van der Waals surface area (Å²) >= 11 is 0. The number of amides is 1. The van der Waals surface area contributed by atoms with Gasteiger partial charge in [0.25, 0.3) is 5.91 Å². The zero-order valence-electron chi connectivity index (χ0n) is 11.7. The number of aliphatic hydroxyl groups excluding tert-OH is 1. The van der Waals surface area contributed by atoms with Crippen LogP contribution in [0.3, 0.4) is 0 Å². The minimum absolute atomic E-state index is 0.0636. The average molecular weight is 297 g/mol. The number of carbonyl (C=O) groups excluding carboxylic acids is 2. The monoisotopic (exact) mass is 297 g/mol. The van der Waals surface area contributed by atoms with Crippen molar-refractivity contribution in [3.63, 3.8) is 0 Å². The molecule has 0 bridgehead atoms. The van der Waals surface area contributed by atoms with Crippen LogP contribution < -0.4 is 5.32 Å². The average Bonchev–Trinajstić information content (AvgIpc) is 2.45. The van der Waals surface area contributed by atoms with Crippen molar-refractivity contribution in [2.24, 2.45) is 0 Å². The van der Waals surface area contributed by atoms with E-state index in [1.54, 1.807) is 13.8 Å². The summed E-state index contributed by atoms with van der Waals surface area (Å²) in [6.45, 7) is 3.34. The molecule has 0 fully saturated rings. The van der Waals surface area contributed by atoms with Crippen LogP contribution in [0.25, 0.3) is 0 Å². The maximum atomic E-state index is 12.8. The van der Waals surface area contributed by atoms with E-state index in [1.165, 1.54) is 12.1 Å². The van der Waals surface area contributed by atoms with E-state index in [4.69, 9.17) is 9.47 Å². The van der Waals surface area contributed by atoms with Crippen LogP contribution in [0.15, 0.2) is 35.9 Å². The fourth-order valence-electron chi connectivity index (χ4n) is 1.39. The minimum atomic E-state index is -0.932. The second kappa shape index (κ2) is 7.88. The van der Waals surface area contributed by atoms with Crippen molar-refractivity contribution < 1.29 is 28.6 Å². The zero-order valence-corrected chi connectivity index (χ0v) is 11.7. The maximum Gasteiger partial charge on any atom is 0.362 e. The Morgan fingerprint density at radius 2 is 1.71 bits per heavy atom. The fourth-order valence-corrected chi connectivity index (χ4v) is 1.39. The molecule has 0 saturated carbocycles. The lowest BCUT2D eigenvalue weighted by Gasteiger charge is -2.11. The van der Waals surface area contributed by atoms with Crippen LogP contribution >= 0.6 is 0 Å². The Morgan fingerprint density at radius 1 is 1.14 bits per heavy atom. The van der Waals surface area contributed by atoms with Gasteiger partial charge in [0.05, 0.1) is 13.2 Å². The molecule has 1 aromatic rings. The lowest BCUT2D eigenvalue weighted by molar-refractivity contribution is -0.139. The Morgan fingerprint density at radius 3 is 2.24 bits per heavy atom. The third kappa shape index (κ3) is 4.79. The molecule has 0 spiro atoms. The molecule has 0 aromatic heterocycles. The van der Waals surface area contributed by atoms with Crippen molar-refractivity contribution >= 4 is 11.9 Å². The first-order chi connectivity index (χ1) is 9.99. The Labute approximate surface area is 121 Å². The molecule has 0 atom stereocenters. The summed E-state index contributed by atoms with van der Waals surface area (Å²) in [5.74, 6) is -2.88. The van der Waals surface area contributed by atoms with Gasteiger partial charge in [-0.05, 0) is 38.1 Å². The van der Waals surface area contributed by atoms with Gasteiger partial charge in [-0.15, -0.1) is 0 Å². The predicted octanol–water partition coefficient (Wildman–Crippen LogP) is 1.88. The lowest BCUT2D eigenvalue weighted by atomic mass is 10.2. The largest absolute Gasteiger partial charge is 0.479 e. The topological polar surface area (TPSA) is 84.9 Å². The van der Waals surface area contributed by atoms with Gasteiger partial charge in [0.15, 0.2) is 0 Å². The summed E-state index contributed by atoms with van der Waals surface area (Å²) in [6, 6.07) is 4.69. The first-order valence-electron chi connectivity index (χ1n) is 6.29. The Hall–Kier alpha value is -2.57. The molecule has 0 radical (unpaired) electrons. The van der Waals surface area contributed by atoms with Crippen LogP contribution in [0, 0.1) is 5.82 Å². The summed E-state index contributed by atoms with van der Waals surface area (Å²) in [7, 11) is 0. The molecule has 2 N–H and O–H groups in total. The molecule has 6 nitrogen and oxygen atoms in total. The molecule has 0 aliphatic heterocycles. The Bertz CT molecular complexity index is 539. The van der Waals surface area contributed by atoms with Gasteiger partial charge in [-0.2, -0.15) is 0 Å². The summed E-state index contributed by atoms with van der Waals surface area (Å²) < 4.78 is 22.3. The summed E-state index contributed by atoms with van der Waals surface area (Å²) in [4.78, 5) is 23.6. The molecule has 0 aliphatic carbocycles. The van der Waals surface area contributed by atoms with Crippen molar-refractivity contribution in [1.29, 1.82) is 0 Å². The molecule has 21 heavy (non-hydrogen) atoms. The van der Waals surface area contributed by atoms with Gasteiger partial charge in [-0.3, -0.25) is 4.79 Å². The van der Waals surface area contributed by atoms with Gasteiger partial charge < -0.3 is 19.9 Å². The van der Waals surface area contributed by atoms with Crippen LogP contribution in [0.4, 0.5) is 4.39 Å². The first kappa shape index (κ1) is 16.5. The van der Waals surface area contributed by atoms with E-state index in [2.05, 4.69) is 5.32 Å². The molecule has 1 rings (SSSR count). The molecule has 0 saturated heterocycles. The fraction of sp³-hybridized carbons (Fsp3) is 0.286. The minimum Gasteiger partial charge on any atom is -0.479 e. The quantitative estimate of drug-likeness (QED) is 0.476. The van der Waals surface area contributed by atoms with Gasteiger partial charge >= 0.3 is 11.9 Å². The number of halogens is 1. The number of hydrogen-bond acceptors (Lipinski definition) is 5. The summed E-state index contributed by atoms with van der Waals surface area (Å²) in [5, 5.41) is 11.8. The van der Waals surface area contributed by atoms with E-state index >= 15 is 0 Å². The van der Waals surface area contributed by atoms with Gasteiger partial charge in [-0.25, -0.2) is 9.18 Å². The van der Waals surface area contributed by atoms with Gasteiger partial charge in [-0.1, -0.05) is 0 Å². The number of aliphatic hydroxyl groups is 1. The lowest BCUT2D eigenvalue weighted by Crippen LogP contribution is -2.30. The highest BCUT2D eigenvalue weighted by molar-refractivity contribution is 6.01. The SMILES string of the molecule is CCOC(=O)/C(NC(=O)c1ccc(F)cc1)=C(\O)OCC.